The van der Waals surface area contributed by atoms with Gasteiger partial charge >= 0.3 is 0 Å². The van der Waals surface area contributed by atoms with Crippen molar-refractivity contribution >= 4 is 0 Å². The number of aliphatic hydroxyl groups is 1. The van der Waals surface area contributed by atoms with Crippen molar-refractivity contribution in [2.45, 2.75) is 18.9 Å². The van der Waals surface area contributed by atoms with Crippen molar-refractivity contribution < 1.29 is 18.3 Å². The molecule has 0 aromatic heterocycles. The number of nitrogens with zero attached hydrogens (tertiary/aromatic N) is 1. The third-order valence-corrected chi connectivity index (χ3v) is 3.61. The number of piperazine rings is 1. The van der Waals surface area contributed by atoms with Gasteiger partial charge in [0.05, 0.1) is 0 Å². The maximum atomic E-state index is 14.0. The average molecular weight is 288 g/mol. The first-order valence-corrected chi connectivity index (χ1v) is 6.83. The molecule has 0 saturated carbocycles. The zero-order chi connectivity index (χ0) is 14.5. The van der Waals surface area contributed by atoms with E-state index in [1.807, 2.05) is 4.90 Å². The molecule has 1 atom stereocenters. The number of benzene rings is 1. The van der Waals surface area contributed by atoms with E-state index in [-0.39, 0.29) is 12.2 Å². The molecule has 2 rings (SSSR count). The zero-order valence-electron chi connectivity index (χ0n) is 11.2. The summed E-state index contributed by atoms with van der Waals surface area (Å²) in [6.45, 7) is 2.87. The zero-order valence-corrected chi connectivity index (χ0v) is 11.2. The van der Waals surface area contributed by atoms with Crippen LogP contribution in [0.1, 0.15) is 24.4 Å². The lowest BCUT2D eigenvalue weighted by atomic mass is 9.98. The summed E-state index contributed by atoms with van der Waals surface area (Å²) < 4.78 is 40.7. The normalized spacial score (nSPS) is 18.2. The van der Waals surface area contributed by atoms with Crippen molar-refractivity contribution in [2.24, 2.45) is 0 Å². The van der Waals surface area contributed by atoms with Gasteiger partial charge in [-0.2, -0.15) is 0 Å². The molecule has 0 unspecified atom stereocenters. The van der Waals surface area contributed by atoms with Gasteiger partial charge in [-0.15, -0.1) is 0 Å². The van der Waals surface area contributed by atoms with Crippen molar-refractivity contribution in [3.8, 4) is 0 Å². The highest BCUT2D eigenvalue weighted by Gasteiger charge is 2.26. The van der Waals surface area contributed by atoms with E-state index in [0.717, 1.165) is 19.2 Å². The lowest BCUT2D eigenvalue weighted by Gasteiger charge is -2.35. The van der Waals surface area contributed by atoms with Crippen LogP contribution in [-0.4, -0.2) is 42.8 Å². The summed E-state index contributed by atoms with van der Waals surface area (Å²) in [4.78, 5) is 2.00. The quantitative estimate of drug-likeness (QED) is 0.811. The predicted molar refractivity (Wildman–Crippen MR) is 69.8 cm³/mol. The van der Waals surface area contributed by atoms with Crippen LogP contribution in [0.5, 0.6) is 0 Å². The van der Waals surface area contributed by atoms with E-state index in [9.17, 15) is 13.2 Å². The molecule has 1 aliphatic heterocycles. The fourth-order valence-electron chi connectivity index (χ4n) is 2.63. The fourth-order valence-corrected chi connectivity index (χ4v) is 2.63. The molecular weight excluding hydrogens is 269 g/mol. The molecule has 2 N–H and O–H groups in total. The van der Waals surface area contributed by atoms with Gasteiger partial charge in [-0.05, 0) is 18.9 Å². The van der Waals surface area contributed by atoms with Crippen LogP contribution in [0.25, 0.3) is 0 Å². The van der Waals surface area contributed by atoms with Crippen LogP contribution in [0, 0.1) is 17.5 Å². The topological polar surface area (TPSA) is 35.5 Å². The molecule has 1 aliphatic rings. The van der Waals surface area contributed by atoms with Crippen LogP contribution < -0.4 is 5.32 Å². The average Bonchev–Trinajstić information content (AvgIpc) is 2.45. The third kappa shape index (κ3) is 3.50. The number of hydrogen-bond acceptors (Lipinski definition) is 3. The molecule has 1 heterocycles. The van der Waals surface area contributed by atoms with E-state index in [0.29, 0.717) is 32.0 Å². The summed E-state index contributed by atoms with van der Waals surface area (Å²) in [6.07, 6.45) is 0.933. The van der Waals surface area contributed by atoms with Gasteiger partial charge in [0.15, 0.2) is 11.6 Å². The second-order valence-electron chi connectivity index (χ2n) is 4.96. The Balaban J connectivity index is 2.29. The Morgan fingerprint density at radius 3 is 2.55 bits per heavy atom. The van der Waals surface area contributed by atoms with E-state index in [4.69, 9.17) is 5.11 Å². The molecule has 0 spiro atoms. The molecule has 1 fully saturated rings. The number of rotatable bonds is 5. The van der Waals surface area contributed by atoms with Crippen molar-refractivity contribution in [3.63, 3.8) is 0 Å². The van der Waals surface area contributed by atoms with Gasteiger partial charge in [0.25, 0.3) is 0 Å². The highest BCUT2D eigenvalue weighted by molar-refractivity contribution is 5.24. The largest absolute Gasteiger partial charge is 0.396 e. The van der Waals surface area contributed by atoms with E-state index in [2.05, 4.69) is 5.32 Å². The van der Waals surface area contributed by atoms with Crippen molar-refractivity contribution in [1.29, 1.82) is 0 Å². The van der Waals surface area contributed by atoms with Crippen LogP contribution in [-0.2, 0) is 0 Å². The summed E-state index contributed by atoms with van der Waals surface area (Å²) in [5.74, 6) is -2.93. The summed E-state index contributed by atoms with van der Waals surface area (Å²) in [7, 11) is 0. The minimum Gasteiger partial charge on any atom is -0.396 e. The fraction of sp³-hybridized carbons (Fsp3) is 0.571. The van der Waals surface area contributed by atoms with Gasteiger partial charge < -0.3 is 10.4 Å². The van der Waals surface area contributed by atoms with Crippen molar-refractivity contribution in [1.82, 2.24) is 10.2 Å². The van der Waals surface area contributed by atoms with Crippen molar-refractivity contribution in [2.75, 3.05) is 32.8 Å². The molecule has 0 bridgehead atoms. The number of hydrogen-bond donors (Lipinski definition) is 2. The molecule has 0 radical (unpaired) electrons. The first kappa shape index (κ1) is 15.3. The molecule has 1 aromatic rings. The summed E-state index contributed by atoms with van der Waals surface area (Å²) >= 11 is 0. The van der Waals surface area contributed by atoms with E-state index >= 15 is 0 Å². The van der Waals surface area contributed by atoms with Gasteiger partial charge in [0, 0.05) is 50.5 Å². The number of aliphatic hydroxyl groups excluding tert-OH is 1. The Hall–Kier alpha value is -1.11. The van der Waals surface area contributed by atoms with Gasteiger partial charge in [-0.1, -0.05) is 0 Å². The maximum Gasteiger partial charge on any atom is 0.163 e. The van der Waals surface area contributed by atoms with Crippen LogP contribution in [0.15, 0.2) is 12.1 Å². The monoisotopic (exact) mass is 288 g/mol. The molecule has 1 aromatic carbocycles. The molecule has 1 saturated heterocycles. The van der Waals surface area contributed by atoms with Crippen LogP contribution in [0.2, 0.25) is 0 Å². The lowest BCUT2D eigenvalue weighted by Crippen LogP contribution is -2.45. The van der Waals surface area contributed by atoms with Gasteiger partial charge in [0.2, 0.25) is 0 Å². The molecule has 6 heteroatoms. The number of halogens is 3. The standard InChI is InChI=1S/C14H19F3N2O/c15-10-8-11(14(17)12(16)9-10)13(2-1-7-20)19-5-3-18-4-6-19/h8-9,13,18,20H,1-7H2/t13-/m1/s1. The van der Waals surface area contributed by atoms with Crippen LogP contribution in [0.3, 0.4) is 0 Å². The minimum atomic E-state index is -1.16. The molecule has 20 heavy (non-hydrogen) atoms. The SMILES string of the molecule is OCCC[C@H](c1cc(F)cc(F)c1F)N1CCNCC1. The number of nitrogens with one attached hydrogen (secondary N) is 1. The third-order valence-electron chi connectivity index (χ3n) is 3.61. The predicted octanol–water partition coefficient (Wildman–Crippen LogP) is 1.82. The van der Waals surface area contributed by atoms with Gasteiger partial charge in [0.1, 0.15) is 5.82 Å². The van der Waals surface area contributed by atoms with Crippen LogP contribution >= 0.6 is 0 Å². The Morgan fingerprint density at radius 2 is 1.90 bits per heavy atom. The molecule has 3 nitrogen and oxygen atoms in total. The Kier molecular flexibility index (Phi) is 5.39. The van der Waals surface area contributed by atoms with E-state index in [1.165, 1.54) is 0 Å². The van der Waals surface area contributed by atoms with Gasteiger partial charge in [-0.3, -0.25) is 4.90 Å². The Bertz CT molecular complexity index is 450. The van der Waals surface area contributed by atoms with Crippen molar-refractivity contribution in [3.05, 3.63) is 35.1 Å². The molecular formula is C14H19F3N2O. The smallest absolute Gasteiger partial charge is 0.163 e. The second-order valence-corrected chi connectivity index (χ2v) is 4.96. The second kappa shape index (κ2) is 7.06. The summed E-state index contributed by atoms with van der Waals surface area (Å²) in [6, 6.07) is 1.21. The lowest BCUT2D eigenvalue weighted by molar-refractivity contribution is 0.150. The highest BCUT2D eigenvalue weighted by atomic mass is 19.2. The van der Waals surface area contributed by atoms with E-state index in [1.54, 1.807) is 0 Å². The highest BCUT2D eigenvalue weighted by Crippen LogP contribution is 2.30. The Morgan fingerprint density at radius 1 is 1.20 bits per heavy atom. The Labute approximate surface area is 116 Å². The summed E-state index contributed by atoms with van der Waals surface area (Å²) in [5, 5.41) is 12.1. The minimum absolute atomic E-state index is 0.0258. The summed E-state index contributed by atoms with van der Waals surface area (Å²) in [5.41, 5.74) is 0.0397. The molecule has 0 amide bonds. The first-order valence-electron chi connectivity index (χ1n) is 6.83. The molecule has 112 valence electrons. The van der Waals surface area contributed by atoms with E-state index < -0.39 is 23.5 Å². The van der Waals surface area contributed by atoms with Crippen LogP contribution in [0.4, 0.5) is 13.2 Å². The van der Waals surface area contributed by atoms with Gasteiger partial charge in [-0.25, -0.2) is 13.2 Å². The first-order chi connectivity index (χ1) is 9.63. The maximum absolute atomic E-state index is 14.0. The molecule has 0 aliphatic carbocycles.